The van der Waals surface area contributed by atoms with Crippen molar-refractivity contribution in [1.82, 2.24) is 14.4 Å². The number of phosphoric acid groups is 1. The van der Waals surface area contributed by atoms with Crippen molar-refractivity contribution in [3.8, 4) is 22.8 Å². The van der Waals surface area contributed by atoms with Gasteiger partial charge in [-0.3, -0.25) is 9.59 Å². The molecule has 0 saturated carbocycles. The summed E-state index contributed by atoms with van der Waals surface area (Å²) in [5.41, 5.74) is 8.14. The van der Waals surface area contributed by atoms with Gasteiger partial charge < -0.3 is 42.9 Å². The number of hydrogen-bond acceptors (Lipinski definition) is 8. The van der Waals surface area contributed by atoms with Crippen molar-refractivity contribution in [2.24, 2.45) is 0 Å². The first-order valence-electron chi connectivity index (χ1n) is 18.8. The molecule has 0 spiro atoms. The third-order valence-corrected chi connectivity index (χ3v) is 11.5. The van der Waals surface area contributed by atoms with Gasteiger partial charge in [0.05, 0.1) is 5.56 Å². The van der Waals surface area contributed by atoms with Gasteiger partial charge in [-0.05, 0) is 116 Å². The molecular formula is C43H41N4Na2O8P. The zero-order chi connectivity index (χ0) is 39.1. The van der Waals surface area contributed by atoms with Crippen molar-refractivity contribution in [3.63, 3.8) is 0 Å². The van der Waals surface area contributed by atoms with E-state index in [4.69, 9.17) is 4.74 Å². The largest absolute Gasteiger partial charge is 1.00 e. The summed E-state index contributed by atoms with van der Waals surface area (Å²) in [6.07, 6.45) is 3.33. The standard InChI is InChI=1S/C43H43N4O8P.2Na/c1-28-22-29-10-6-7-11-31(29)27-47(28)42(49)37-24-32-26-45(43(50)54-34-12-4-3-5-13-34)21-19-30(32)23-36(37)40-25-38(39-14-8-9-20-46(39)40)41(48)44(2)33-15-17-35(18-16-33)55-56(51,52)53;;/h3-7,10-13,15-18,23-25,28H,8-9,14,19-22,26-27H2,1-2H3,(H2,51,52,53);;/q;2*+1/p-2/t28-;;/m1../s1. The Bertz CT molecular complexity index is 2380. The first kappa shape index (κ1) is 43.9. The summed E-state index contributed by atoms with van der Waals surface area (Å²) in [5.74, 6) is -0.0654. The normalized spacial score (nSPS) is 15.8. The number of ether oxygens (including phenoxy) is 1. The number of nitrogens with zero attached hydrogens (tertiary/aromatic N) is 4. The van der Waals surface area contributed by atoms with Gasteiger partial charge >= 0.3 is 65.2 Å². The second-order valence-corrected chi connectivity index (χ2v) is 15.7. The number of para-hydroxylation sites is 1. The minimum absolute atomic E-state index is 0. The molecule has 0 saturated heterocycles. The summed E-state index contributed by atoms with van der Waals surface area (Å²) in [6, 6.07) is 28.7. The van der Waals surface area contributed by atoms with Crippen LogP contribution in [0.2, 0.25) is 0 Å². The Hall–Kier alpha value is -3.68. The molecule has 15 heteroatoms. The average molecular weight is 819 g/mol. The van der Waals surface area contributed by atoms with Gasteiger partial charge in [0.25, 0.3) is 11.8 Å². The van der Waals surface area contributed by atoms with Gasteiger partial charge in [0.2, 0.25) is 0 Å². The Morgan fingerprint density at radius 2 is 1.47 bits per heavy atom. The number of aromatic nitrogens is 1. The average Bonchev–Trinajstić information content (AvgIpc) is 3.58. The molecule has 1 aromatic heterocycles. The molecule has 0 fully saturated rings. The van der Waals surface area contributed by atoms with Gasteiger partial charge in [-0.15, -0.1) is 0 Å². The van der Waals surface area contributed by atoms with E-state index in [9.17, 15) is 28.7 Å². The van der Waals surface area contributed by atoms with Crippen LogP contribution < -0.4 is 83.1 Å². The number of carbonyl (C=O) groups excluding carboxylic acids is 3. The quantitative estimate of drug-likeness (QED) is 0.167. The molecule has 4 heterocycles. The number of carbonyl (C=O) groups is 3. The van der Waals surface area contributed by atoms with Crippen molar-refractivity contribution >= 4 is 31.4 Å². The van der Waals surface area contributed by atoms with E-state index in [1.165, 1.54) is 34.7 Å². The van der Waals surface area contributed by atoms with E-state index in [1.54, 1.807) is 24.1 Å². The minimum Gasteiger partial charge on any atom is -0.780 e. The van der Waals surface area contributed by atoms with Gasteiger partial charge in [-0.2, -0.15) is 0 Å². The predicted molar refractivity (Wildman–Crippen MR) is 206 cm³/mol. The van der Waals surface area contributed by atoms with E-state index >= 15 is 0 Å². The molecule has 4 aromatic carbocycles. The monoisotopic (exact) mass is 818 g/mol. The smallest absolute Gasteiger partial charge is 0.780 e. The summed E-state index contributed by atoms with van der Waals surface area (Å²) in [7, 11) is -3.60. The molecule has 0 aliphatic carbocycles. The summed E-state index contributed by atoms with van der Waals surface area (Å²) < 4.78 is 23.4. The zero-order valence-corrected chi connectivity index (χ0v) is 38.1. The molecule has 3 aliphatic heterocycles. The Kier molecular flexibility index (Phi) is 13.8. The first-order chi connectivity index (χ1) is 26.9. The van der Waals surface area contributed by atoms with Gasteiger partial charge in [0.15, 0.2) is 0 Å². The maximum Gasteiger partial charge on any atom is 1.00 e. The van der Waals surface area contributed by atoms with E-state index in [0.29, 0.717) is 55.0 Å². The molecule has 0 bridgehead atoms. The van der Waals surface area contributed by atoms with Crippen LogP contribution in [-0.4, -0.2) is 51.9 Å². The van der Waals surface area contributed by atoms with E-state index in [0.717, 1.165) is 52.9 Å². The van der Waals surface area contributed by atoms with Crippen molar-refractivity contribution in [2.45, 2.75) is 64.7 Å². The second-order valence-electron chi connectivity index (χ2n) is 14.7. The summed E-state index contributed by atoms with van der Waals surface area (Å²) in [5, 5.41) is 0. The molecule has 58 heavy (non-hydrogen) atoms. The number of benzene rings is 4. The van der Waals surface area contributed by atoms with Gasteiger partial charge in [-0.25, -0.2) is 4.79 Å². The topological polar surface area (TPSA) is 148 Å². The molecule has 3 aliphatic rings. The molecule has 1 atom stereocenters. The van der Waals surface area contributed by atoms with E-state index in [2.05, 4.69) is 34.2 Å². The fourth-order valence-corrected chi connectivity index (χ4v) is 8.54. The Morgan fingerprint density at radius 1 is 0.759 bits per heavy atom. The summed E-state index contributed by atoms with van der Waals surface area (Å²) in [6.45, 7) is 3.93. The van der Waals surface area contributed by atoms with E-state index < -0.39 is 13.9 Å². The number of anilines is 1. The molecule has 5 aromatic rings. The summed E-state index contributed by atoms with van der Waals surface area (Å²) in [4.78, 5) is 69.8. The van der Waals surface area contributed by atoms with Gasteiger partial charge in [0, 0.05) is 67.5 Å². The Morgan fingerprint density at radius 3 is 2.19 bits per heavy atom. The Balaban J connectivity index is 0.00000283. The van der Waals surface area contributed by atoms with Crippen molar-refractivity contribution < 1.29 is 97.1 Å². The molecule has 0 N–H and O–H groups in total. The third kappa shape index (κ3) is 9.21. The molecule has 8 rings (SSSR count). The predicted octanol–water partition coefficient (Wildman–Crippen LogP) is 0.128. The number of hydrogen-bond donors (Lipinski definition) is 0. The SMILES string of the molecule is C[C@@H]1Cc2ccccc2CN1C(=O)c1cc2c(cc1-c1cc(C(=O)N(C)c3ccc(OP(=O)([O-])[O-])cc3)c3n1CCCC3)CCN(C(=O)Oc1ccccc1)C2.[Na+].[Na+]. The van der Waals surface area contributed by atoms with Crippen molar-refractivity contribution in [3.05, 3.63) is 136 Å². The first-order valence-corrected chi connectivity index (χ1v) is 20.3. The van der Waals surface area contributed by atoms with Crippen LogP contribution in [0.3, 0.4) is 0 Å². The molecule has 12 nitrogen and oxygen atoms in total. The fourth-order valence-electron chi connectivity index (χ4n) is 8.16. The molecular weight excluding hydrogens is 777 g/mol. The van der Waals surface area contributed by atoms with Gasteiger partial charge in [0.1, 0.15) is 19.3 Å². The van der Waals surface area contributed by atoms with Crippen LogP contribution >= 0.6 is 7.82 Å². The second kappa shape index (κ2) is 18.3. The number of amides is 3. The third-order valence-electron chi connectivity index (χ3n) is 11.1. The Labute approximate surface area is 381 Å². The number of rotatable bonds is 7. The van der Waals surface area contributed by atoms with Crippen LogP contribution in [0.25, 0.3) is 11.3 Å². The zero-order valence-electron chi connectivity index (χ0n) is 33.2. The fraction of sp³-hybridized carbons (Fsp3) is 0.279. The number of fused-ring (bicyclic) bond motifs is 3. The molecule has 0 unspecified atom stereocenters. The minimum atomic E-state index is -5.23. The van der Waals surface area contributed by atoms with Crippen LogP contribution in [0.5, 0.6) is 11.5 Å². The van der Waals surface area contributed by atoms with E-state index in [1.807, 2.05) is 47.4 Å². The molecule has 288 valence electrons. The van der Waals surface area contributed by atoms with Crippen LogP contribution in [-0.2, 0) is 43.5 Å². The van der Waals surface area contributed by atoms with Crippen molar-refractivity contribution in [2.75, 3.05) is 18.5 Å². The molecule has 0 radical (unpaired) electrons. The maximum absolute atomic E-state index is 14.9. The van der Waals surface area contributed by atoms with Crippen LogP contribution in [0.1, 0.15) is 68.4 Å². The van der Waals surface area contributed by atoms with E-state index in [-0.39, 0.29) is 89.3 Å². The molecule has 3 amide bonds. The van der Waals surface area contributed by atoms with Crippen molar-refractivity contribution in [1.29, 1.82) is 0 Å². The van der Waals surface area contributed by atoms with Crippen LogP contribution in [0.15, 0.2) is 97.1 Å². The van der Waals surface area contributed by atoms with Gasteiger partial charge in [-0.1, -0.05) is 42.5 Å². The van der Waals surface area contributed by atoms with Crippen LogP contribution in [0.4, 0.5) is 10.5 Å². The maximum atomic E-state index is 14.9. The van der Waals surface area contributed by atoms with Crippen LogP contribution in [0, 0.1) is 0 Å². The summed E-state index contributed by atoms with van der Waals surface area (Å²) >= 11 is 0. The number of phosphoric ester groups is 1.